The van der Waals surface area contributed by atoms with Crippen molar-refractivity contribution < 1.29 is 9.32 Å². The first-order chi connectivity index (χ1) is 13.0. The Labute approximate surface area is 158 Å². The van der Waals surface area contributed by atoms with Crippen molar-refractivity contribution >= 4 is 5.91 Å². The molecule has 0 saturated carbocycles. The van der Waals surface area contributed by atoms with Crippen LogP contribution in [0.4, 0.5) is 0 Å². The Morgan fingerprint density at radius 3 is 2.89 bits per heavy atom. The number of aryl methyl sites for hydroxylation is 1. The van der Waals surface area contributed by atoms with Crippen molar-refractivity contribution in [2.45, 2.75) is 45.7 Å². The number of carbonyl (C=O) groups excluding carboxylic acids is 1. The maximum atomic E-state index is 13.2. The predicted molar refractivity (Wildman–Crippen MR) is 100 cm³/mol. The van der Waals surface area contributed by atoms with E-state index in [-0.39, 0.29) is 18.0 Å². The van der Waals surface area contributed by atoms with Crippen LogP contribution in [0, 0.1) is 6.92 Å². The zero-order valence-electron chi connectivity index (χ0n) is 15.8. The van der Waals surface area contributed by atoms with Crippen molar-refractivity contribution in [3.8, 4) is 11.4 Å². The minimum Gasteiger partial charge on any atom is -0.359 e. The highest BCUT2D eigenvalue weighted by atomic mass is 16.5. The van der Waals surface area contributed by atoms with Crippen LogP contribution in [-0.2, 0) is 0 Å². The Morgan fingerprint density at radius 2 is 2.15 bits per heavy atom. The van der Waals surface area contributed by atoms with Gasteiger partial charge in [-0.05, 0) is 45.7 Å². The highest BCUT2D eigenvalue weighted by Crippen LogP contribution is 2.34. The molecular weight excluding hydrogens is 342 g/mol. The summed E-state index contributed by atoms with van der Waals surface area (Å²) in [6.07, 6.45) is 3.39. The first-order valence-corrected chi connectivity index (χ1v) is 9.28. The SMILES string of the molecule is Cc1cc([C@@H]2CCCN2C(=O)c2cccc(-c3ncnn3C(C)C)c2)on1. The number of nitrogens with zero attached hydrogens (tertiary/aromatic N) is 5. The van der Waals surface area contributed by atoms with Gasteiger partial charge in [-0.2, -0.15) is 5.10 Å². The van der Waals surface area contributed by atoms with Crippen LogP contribution in [0.5, 0.6) is 0 Å². The third kappa shape index (κ3) is 3.25. The van der Waals surface area contributed by atoms with E-state index in [2.05, 4.69) is 29.1 Å². The molecule has 0 bridgehead atoms. The summed E-state index contributed by atoms with van der Waals surface area (Å²) < 4.78 is 7.28. The van der Waals surface area contributed by atoms with Crippen molar-refractivity contribution in [2.24, 2.45) is 0 Å². The second kappa shape index (κ2) is 6.98. The maximum absolute atomic E-state index is 13.2. The zero-order chi connectivity index (χ0) is 19.0. The smallest absolute Gasteiger partial charge is 0.254 e. The lowest BCUT2D eigenvalue weighted by Crippen LogP contribution is -2.30. The highest BCUT2D eigenvalue weighted by Gasteiger charge is 2.33. The van der Waals surface area contributed by atoms with Crippen molar-refractivity contribution in [3.63, 3.8) is 0 Å². The first-order valence-electron chi connectivity index (χ1n) is 9.28. The molecule has 4 rings (SSSR count). The molecule has 0 radical (unpaired) electrons. The molecule has 1 saturated heterocycles. The first kappa shape index (κ1) is 17.5. The Morgan fingerprint density at radius 1 is 1.30 bits per heavy atom. The second-order valence-electron chi connectivity index (χ2n) is 7.23. The molecule has 7 heteroatoms. The number of likely N-dealkylation sites (tertiary alicyclic amines) is 1. The van der Waals surface area contributed by atoms with Crippen molar-refractivity contribution in [2.75, 3.05) is 6.54 Å². The zero-order valence-corrected chi connectivity index (χ0v) is 15.8. The summed E-state index contributed by atoms with van der Waals surface area (Å²) in [5.74, 6) is 1.53. The van der Waals surface area contributed by atoms with Crippen molar-refractivity contribution in [1.29, 1.82) is 0 Å². The third-order valence-corrected chi connectivity index (χ3v) is 4.92. The average Bonchev–Trinajstić information content (AvgIpc) is 3.40. The molecule has 1 aliphatic rings. The fourth-order valence-electron chi connectivity index (χ4n) is 3.64. The summed E-state index contributed by atoms with van der Waals surface area (Å²) >= 11 is 0. The highest BCUT2D eigenvalue weighted by molar-refractivity contribution is 5.95. The number of rotatable bonds is 4. The van der Waals surface area contributed by atoms with Crippen LogP contribution in [0.25, 0.3) is 11.4 Å². The van der Waals surface area contributed by atoms with Gasteiger partial charge in [0, 0.05) is 29.8 Å². The maximum Gasteiger partial charge on any atom is 0.254 e. The van der Waals surface area contributed by atoms with Crippen LogP contribution in [-0.4, -0.2) is 37.3 Å². The van der Waals surface area contributed by atoms with E-state index in [1.165, 1.54) is 0 Å². The molecule has 1 fully saturated rings. The van der Waals surface area contributed by atoms with E-state index in [1.807, 2.05) is 46.8 Å². The lowest BCUT2D eigenvalue weighted by Gasteiger charge is -2.23. The Kier molecular flexibility index (Phi) is 4.51. The summed E-state index contributed by atoms with van der Waals surface area (Å²) in [6, 6.07) is 9.65. The number of benzene rings is 1. The minimum absolute atomic E-state index is 0.00372. The molecule has 3 aromatic rings. The Hall–Kier alpha value is -2.96. The molecule has 1 aliphatic heterocycles. The van der Waals surface area contributed by atoms with E-state index in [9.17, 15) is 4.79 Å². The molecule has 1 atom stereocenters. The Bertz CT molecular complexity index is 959. The number of hydrogen-bond donors (Lipinski definition) is 0. The topological polar surface area (TPSA) is 77.0 Å². The normalized spacial score (nSPS) is 17.0. The molecule has 1 aromatic carbocycles. The molecule has 0 aliphatic carbocycles. The molecule has 1 amide bonds. The predicted octanol–water partition coefficient (Wildman–Crippen LogP) is 3.80. The molecule has 2 aromatic heterocycles. The van der Waals surface area contributed by atoms with Gasteiger partial charge in [-0.15, -0.1) is 0 Å². The minimum atomic E-state index is -0.0540. The van der Waals surface area contributed by atoms with E-state index in [1.54, 1.807) is 6.33 Å². The van der Waals surface area contributed by atoms with Gasteiger partial charge in [-0.25, -0.2) is 9.67 Å². The van der Waals surface area contributed by atoms with Gasteiger partial charge in [0.1, 0.15) is 6.33 Å². The number of aromatic nitrogens is 4. The average molecular weight is 365 g/mol. The standard InChI is InChI=1S/C20H23N5O2/c1-13(2)25-19(21-12-22-25)15-6-4-7-16(11-15)20(26)24-9-5-8-17(24)18-10-14(3)23-27-18/h4,6-7,10-13,17H,5,8-9H2,1-3H3/t17-/m0/s1. The molecule has 0 unspecified atom stereocenters. The summed E-state index contributed by atoms with van der Waals surface area (Å²) in [6.45, 7) is 6.72. The van der Waals surface area contributed by atoms with Gasteiger partial charge < -0.3 is 9.42 Å². The fourth-order valence-corrected chi connectivity index (χ4v) is 3.64. The van der Waals surface area contributed by atoms with Crippen LogP contribution >= 0.6 is 0 Å². The van der Waals surface area contributed by atoms with Crippen LogP contribution < -0.4 is 0 Å². The second-order valence-corrected chi connectivity index (χ2v) is 7.23. The van der Waals surface area contributed by atoms with Gasteiger partial charge in [-0.1, -0.05) is 17.3 Å². The fraction of sp³-hybridized carbons (Fsp3) is 0.400. The molecular formula is C20H23N5O2. The van der Waals surface area contributed by atoms with Crippen LogP contribution in [0.2, 0.25) is 0 Å². The van der Waals surface area contributed by atoms with Crippen LogP contribution in [0.1, 0.15) is 60.6 Å². The Balaban J connectivity index is 1.63. The van der Waals surface area contributed by atoms with Gasteiger partial charge in [0.2, 0.25) is 0 Å². The van der Waals surface area contributed by atoms with Crippen LogP contribution in [0.15, 0.2) is 41.2 Å². The number of amides is 1. The van der Waals surface area contributed by atoms with E-state index in [0.29, 0.717) is 5.56 Å². The van der Waals surface area contributed by atoms with Gasteiger partial charge in [-0.3, -0.25) is 4.79 Å². The van der Waals surface area contributed by atoms with Crippen LogP contribution in [0.3, 0.4) is 0 Å². The molecule has 0 spiro atoms. The lowest BCUT2D eigenvalue weighted by molar-refractivity contribution is 0.0714. The molecule has 27 heavy (non-hydrogen) atoms. The third-order valence-electron chi connectivity index (χ3n) is 4.92. The molecule has 3 heterocycles. The summed E-state index contributed by atoms with van der Waals surface area (Å²) in [5.41, 5.74) is 2.37. The molecule has 7 nitrogen and oxygen atoms in total. The molecule has 140 valence electrons. The van der Waals surface area contributed by atoms with Gasteiger partial charge in [0.05, 0.1) is 11.7 Å². The lowest BCUT2D eigenvalue weighted by atomic mass is 10.1. The van der Waals surface area contributed by atoms with E-state index in [0.717, 1.165) is 42.2 Å². The largest absolute Gasteiger partial charge is 0.359 e. The number of hydrogen-bond acceptors (Lipinski definition) is 5. The van der Waals surface area contributed by atoms with Gasteiger partial charge >= 0.3 is 0 Å². The van der Waals surface area contributed by atoms with Crippen molar-refractivity contribution in [3.05, 3.63) is 53.7 Å². The van der Waals surface area contributed by atoms with Crippen molar-refractivity contribution in [1.82, 2.24) is 24.8 Å². The quantitative estimate of drug-likeness (QED) is 0.703. The van der Waals surface area contributed by atoms with E-state index >= 15 is 0 Å². The van der Waals surface area contributed by atoms with E-state index in [4.69, 9.17) is 4.52 Å². The summed E-state index contributed by atoms with van der Waals surface area (Å²) in [4.78, 5) is 19.5. The van der Waals surface area contributed by atoms with Gasteiger partial charge in [0.15, 0.2) is 11.6 Å². The monoisotopic (exact) mass is 365 g/mol. The summed E-state index contributed by atoms with van der Waals surface area (Å²) in [5, 5.41) is 8.26. The van der Waals surface area contributed by atoms with Gasteiger partial charge in [0.25, 0.3) is 5.91 Å². The summed E-state index contributed by atoms with van der Waals surface area (Å²) in [7, 11) is 0. The number of carbonyl (C=O) groups is 1. The van der Waals surface area contributed by atoms with E-state index < -0.39 is 0 Å². The molecule has 0 N–H and O–H groups in total.